The number of hydrogen-bond donors (Lipinski definition) is 1. The fourth-order valence-corrected chi connectivity index (χ4v) is 1.62. The van der Waals surface area contributed by atoms with Crippen molar-refractivity contribution in [3.05, 3.63) is 33.9 Å². The molecule has 0 aromatic heterocycles. The minimum absolute atomic E-state index is 0.00119. The summed E-state index contributed by atoms with van der Waals surface area (Å²) in [5, 5.41) is 10.8. The lowest BCUT2D eigenvalue weighted by atomic mass is 9.97. The van der Waals surface area contributed by atoms with E-state index >= 15 is 0 Å². The van der Waals surface area contributed by atoms with E-state index in [-0.39, 0.29) is 11.7 Å². The molecule has 100 valence electrons. The van der Waals surface area contributed by atoms with Crippen LogP contribution in [0.4, 0.5) is 5.69 Å². The van der Waals surface area contributed by atoms with Crippen molar-refractivity contribution in [2.45, 2.75) is 33.2 Å². The first-order chi connectivity index (χ1) is 8.45. The van der Waals surface area contributed by atoms with E-state index in [1.54, 1.807) is 19.1 Å². The Balaban J connectivity index is 2.96. The molecule has 1 unspecified atom stereocenters. The summed E-state index contributed by atoms with van der Waals surface area (Å²) in [6.45, 7) is 6.32. The van der Waals surface area contributed by atoms with Crippen molar-refractivity contribution in [3.63, 3.8) is 0 Å². The Morgan fingerprint density at radius 2 is 2.11 bits per heavy atom. The highest BCUT2D eigenvalue weighted by atomic mass is 16.6. The maximum absolute atomic E-state index is 10.8. The number of benzene rings is 1. The Morgan fingerprint density at radius 3 is 2.61 bits per heavy atom. The molecule has 0 radical (unpaired) electrons. The van der Waals surface area contributed by atoms with Crippen LogP contribution in [-0.2, 0) is 6.42 Å². The van der Waals surface area contributed by atoms with Crippen LogP contribution in [0, 0.1) is 16.0 Å². The van der Waals surface area contributed by atoms with Gasteiger partial charge in [-0.2, -0.15) is 0 Å². The lowest BCUT2D eigenvalue weighted by Gasteiger charge is -2.16. The van der Waals surface area contributed by atoms with Crippen LogP contribution in [0.5, 0.6) is 5.75 Å². The van der Waals surface area contributed by atoms with Crippen LogP contribution >= 0.6 is 0 Å². The molecule has 5 nitrogen and oxygen atoms in total. The molecule has 1 aromatic rings. The van der Waals surface area contributed by atoms with Crippen molar-refractivity contribution in [1.82, 2.24) is 0 Å². The van der Waals surface area contributed by atoms with E-state index in [9.17, 15) is 10.1 Å². The quantitative estimate of drug-likeness (QED) is 0.623. The van der Waals surface area contributed by atoms with Crippen LogP contribution < -0.4 is 10.5 Å². The van der Waals surface area contributed by atoms with Crippen molar-refractivity contribution in [1.29, 1.82) is 0 Å². The lowest BCUT2D eigenvalue weighted by Crippen LogP contribution is -2.28. The van der Waals surface area contributed by atoms with Crippen molar-refractivity contribution >= 4 is 5.69 Å². The SMILES string of the molecule is CCOc1cc(CC(N)C(C)C)ccc1[N+](=O)[O-]. The van der Waals surface area contributed by atoms with Gasteiger partial charge in [-0.1, -0.05) is 19.9 Å². The normalized spacial score (nSPS) is 12.5. The zero-order valence-corrected chi connectivity index (χ0v) is 11.1. The van der Waals surface area contributed by atoms with E-state index in [0.29, 0.717) is 24.7 Å². The Kier molecular flexibility index (Phi) is 5.09. The second kappa shape index (κ2) is 6.35. The van der Waals surface area contributed by atoms with E-state index in [1.165, 1.54) is 6.07 Å². The molecule has 0 saturated carbocycles. The van der Waals surface area contributed by atoms with Crippen LogP contribution in [0.1, 0.15) is 26.3 Å². The molecule has 2 N–H and O–H groups in total. The van der Waals surface area contributed by atoms with Gasteiger partial charge in [0.15, 0.2) is 5.75 Å². The first-order valence-electron chi connectivity index (χ1n) is 6.11. The molecule has 1 rings (SSSR count). The summed E-state index contributed by atoms with van der Waals surface area (Å²) in [6, 6.07) is 4.97. The summed E-state index contributed by atoms with van der Waals surface area (Å²) in [5.41, 5.74) is 6.96. The molecule has 0 heterocycles. The fraction of sp³-hybridized carbons (Fsp3) is 0.538. The Bertz CT molecular complexity index is 419. The highest BCUT2D eigenvalue weighted by Crippen LogP contribution is 2.28. The minimum atomic E-state index is -0.433. The summed E-state index contributed by atoms with van der Waals surface area (Å²) in [5.74, 6) is 0.687. The highest BCUT2D eigenvalue weighted by Gasteiger charge is 2.17. The maximum atomic E-state index is 10.8. The third-order valence-corrected chi connectivity index (χ3v) is 2.85. The topological polar surface area (TPSA) is 78.4 Å². The number of ether oxygens (including phenoxy) is 1. The van der Waals surface area contributed by atoms with Gasteiger partial charge in [0.25, 0.3) is 0 Å². The molecule has 0 aliphatic carbocycles. The molecule has 0 saturated heterocycles. The number of nitro groups is 1. The van der Waals surface area contributed by atoms with E-state index in [1.807, 2.05) is 0 Å². The van der Waals surface area contributed by atoms with Gasteiger partial charge in [0.1, 0.15) is 0 Å². The average Bonchev–Trinajstić information content (AvgIpc) is 2.29. The number of hydrogen-bond acceptors (Lipinski definition) is 4. The van der Waals surface area contributed by atoms with Gasteiger partial charge in [-0.05, 0) is 30.9 Å². The first kappa shape index (κ1) is 14.4. The number of nitrogens with zero attached hydrogens (tertiary/aromatic N) is 1. The fourth-order valence-electron chi connectivity index (χ4n) is 1.62. The van der Waals surface area contributed by atoms with Crippen LogP contribution in [0.2, 0.25) is 0 Å². The van der Waals surface area contributed by atoms with Crippen molar-refractivity contribution in [3.8, 4) is 5.75 Å². The van der Waals surface area contributed by atoms with Gasteiger partial charge in [0, 0.05) is 12.1 Å². The Labute approximate surface area is 107 Å². The summed E-state index contributed by atoms with van der Waals surface area (Å²) in [4.78, 5) is 10.4. The van der Waals surface area contributed by atoms with Crippen molar-refractivity contribution in [2.75, 3.05) is 6.61 Å². The van der Waals surface area contributed by atoms with Crippen LogP contribution in [0.15, 0.2) is 18.2 Å². The van der Waals surface area contributed by atoms with Crippen molar-refractivity contribution in [2.24, 2.45) is 11.7 Å². The van der Waals surface area contributed by atoms with E-state index in [0.717, 1.165) is 5.56 Å². The molecule has 0 aliphatic heterocycles. The minimum Gasteiger partial charge on any atom is -0.487 e. The van der Waals surface area contributed by atoms with Crippen LogP contribution in [0.3, 0.4) is 0 Å². The first-order valence-corrected chi connectivity index (χ1v) is 6.11. The molecule has 1 atom stereocenters. The molecule has 0 amide bonds. The molecule has 0 aliphatic rings. The number of nitrogens with two attached hydrogens (primary N) is 1. The molecule has 18 heavy (non-hydrogen) atoms. The third-order valence-electron chi connectivity index (χ3n) is 2.85. The van der Waals surface area contributed by atoms with Gasteiger partial charge in [0.2, 0.25) is 0 Å². The molecule has 0 bridgehead atoms. The van der Waals surface area contributed by atoms with Gasteiger partial charge in [-0.3, -0.25) is 10.1 Å². The molecular weight excluding hydrogens is 232 g/mol. The van der Waals surface area contributed by atoms with Crippen molar-refractivity contribution < 1.29 is 9.66 Å². The molecule has 0 fully saturated rings. The maximum Gasteiger partial charge on any atom is 0.310 e. The highest BCUT2D eigenvalue weighted by molar-refractivity contribution is 5.48. The largest absolute Gasteiger partial charge is 0.487 e. The van der Waals surface area contributed by atoms with Gasteiger partial charge in [0.05, 0.1) is 11.5 Å². The zero-order valence-electron chi connectivity index (χ0n) is 11.1. The van der Waals surface area contributed by atoms with Gasteiger partial charge < -0.3 is 10.5 Å². The monoisotopic (exact) mass is 252 g/mol. The van der Waals surface area contributed by atoms with E-state index in [4.69, 9.17) is 10.5 Å². The summed E-state index contributed by atoms with van der Waals surface area (Å²) >= 11 is 0. The average molecular weight is 252 g/mol. The van der Waals surface area contributed by atoms with Crippen LogP contribution in [0.25, 0.3) is 0 Å². The standard InChI is InChI=1S/C13H20N2O3/c1-4-18-13-8-10(7-11(14)9(2)3)5-6-12(13)15(16)17/h5-6,8-9,11H,4,7,14H2,1-3H3. The molecule has 1 aromatic carbocycles. The predicted octanol–water partition coefficient (Wildman–Crippen LogP) is 2.52. The molecule has 0 spiro atoms. The summed E-state index contributed by atoms with van der Waals surface area (Å²) in [7, 11) is 0. The number of nitro benzene ring substituents is 1. The summed E-state index contributed by atoms with van der Waals surface area (Å²) in [6.07, 6.45) is 0.690. The van der Waals surface area contributed by atoms with E-state index in [2.05, 4.69) is 13.8 Å². The van der Waals surface area contributed by atoms with Gasteiger partial charge >= 0.3 is 5.69 Å². The smallest absolute Gasteiger partial charge is 0.310 e. The molecule has 5 heteroatoms. The Hall–Kier alpha value is -1.62. The third kappa shape index (κ3) is 3.70. The second-order valence-corrected chi connectivity index (χ2v) is 4.60. The van der Waals surface area contributed by atoms with Crippen LogP contribution in [-0.4, -0.2) is 17.6 Å². The van der Waals surface area contributed by atoms with E-state index < -0.39 is 4.92 Å². The second-order valence-electron chi connectivity index (χ2n) is 4.60. The van der Waals surface area contributed by atoms with Gasteiger partial charge in [-0.25, -0.2) is 0 Å². The Morgan fingerprint density at radius 1 is 1.44 bits per heavy atom. The zero-order chi connectivity index (χ0) is 13.7. The van der Waals surface area contributed by atoms with Gasteiger partial charge in [-0.15, -0.1) is 0 Å². The number of rotatable bonds is 6. The summed E-state index contributed by atoms with van der Waals surface area (Å²) < 4.78 is 5.30. The predicted molar refractivity (Wildman–Crippen MR) is 70.8 cm³/mol. The molecular formula is C13H20N2O3. The lowest BCUT2D eigenvalue weighted by molar-refractivity contribution is -0.385.